The standard InChI is InChI=1S/C16H17N3O3S2/c1-19(2)16-18-11-8-13(23-15(11)24-16)14(20)17-10-6-5-9(21-3)7-12(10)22-4/h5-8H,1-4H3,(H,17,20). The van der Waals surface area contributed by atoms with Crippen LogP contribution in [0.25, 0.3) is 9.53 Å². The van der Waals surface area contributed by atoms with Crippen LogP contribution in [-0.4, -0.2) is 39.2 Å². The van der Waals surface area contributed by atoms with E-state index in [9.17, 15) is 4.79 Å². The van der Waals surface area contributed by atoms with Crippen LogP contribution in [0.2, 0.25) is 0 Å². The number of hydrogen-bond donors (Lipinski definition) is 1. The van der Waals surface area contributed by atoms with E-state index < -0.39 is 0 Å². The summed E-state index contributed by atoms with van der Waals surface area (Å²) in [6.07, 6.45) is 0. The van der Waals surface area contributed by atoms with Gasteiger partial charge in [0.15, 0.2) is 5.13 Å². The molecule has 3 aromatic rings. The first-order chi connectivity index (χ1) is 11.5. The quantitative estimate of drug-likeness (QED) is 0.749. The molecule has 24 heavy (non-hydrogen) atoms. The van der Waals surface area contributed by atoms with Gasteiger partial charge in [0.25, 0.3) is 5.91 Å². The minimum atomic E-state index is -0.180. The molecule has 1 aromatic carbocycles. The summed E-state index contributed by atoms with van der Waals surface area (Å²) >= 11 is 3.01. The molecule has 0 fully saturated rings. The Hall–Kier alpha value is -2.32. The van der Waals surface area contributed by atoms with Gasteiger partial charge >= 0.3 is 0 Å². The highest BCUT2D eigenvalue weighted by Gasteiger charge is 2.16. The third-order valence-electron chi connectivity index (χ3n) is 3.34. The summed E-state index contributed by atoms with van der Waals surface area (Å²) in [4.78, 5) is 19.6. The van der Waals surface area contributed by atoms with Gasteiger partial charge in [0.1, 0.15) is 15.5 Å². The molecule has 1 N–H and O–H groups in total. The van der Waals surface area contributed by atoms with Crippen molar-refractivity contribution in [2.24, 2.45) is 0 Å². The summed E-state index contributed by atoms with van der Waals surface area (Å²) < 4.78 is 11.5. The number of methoxy groups -OCH3 is 2. The normalized spacial score (nSPS) is 10.7. The maximum atomic E-state index is 12.5. The summed E-state index contributed by atoms with van der Waals surface area (Å²) in [6.45, 7) is 0. The van der Waals surface area contributed by atoms with Crippen molar-refractivity contribution in [2.75, 3.05) is 38.5 Å². The van der Waals surface area contributed by atoms with Crippen LogP contribution in [0.3, 0.4) is 0 Å². The van der Waals surface area contributed by atoms with E-state index in [1.807, 2.05) is 25.1 Å². The molecule has 0 saturated carbocycles. The maximum absolute atomic E-state index is 12.5. The smallest absolute Gasteiger partial charge is 0.265 e. The van der Waals surface area contributed by atoms with Gasteiger partial charge < -0.3 is 19.7 Å². The number of thiophene rings is 1. The Balaban J connectivity index is 1.83. The van der Waals surface area contributed by atoms with Crippen LogP contribution >= 0.6 is 22.7 Å². The van der Waals surface area contributed by atoms with Crippen molar-refractivity contribution in [1.29, 1.82) is 0 Å². The number of ether oxygens (including phenoxy) is 2. The number of fused-ring (bicyclic) bond motifs is 1. The Kier molecular flexibility index (Phi) is 4.59. The van der Waals surface area contributed by atoms with Gasteiger partial charge in [-0.05, 0) is 18.2 Å². The Morgan fingerprint density at radius 3 is 2.58 bits per heavy atom. The highest BCUT2D eigenvalue weighted by atomic mass is 32.2. The number of amides is 1. The minimum absolute atomic E-state index is 0.180. The Labute approximate surface area is 147 Å². The lowest BCUT2D eigenvalue weighted by molar-refractivity contribution is 0.103. The molecular formula is C16H17N3O3S2. The lowest BCUT2D eigenvalue weighted by Gasteiger charge is -2.11. The van der Waals surface area contributed by atoms with Crippen molar-refractivity contribution in [3.05, 3.63) is 29.1 Å². The minimum Gasteiger partial charge on any atom is -0.497 e. The number of aromatic nitrogens is 1. The lowest BCUT2D eigenvalue weighted by Crippen LogP contribution is -2.11. The average molecular weight is 363 g/mol. The molecule has 2 aromatic heterocycles. The zero-order valence-corrected chi connectivity index (χ0v) is 15.4. The number of hydrogen-bond acceptors (Lipinski definition) is 7. The predicted octanol–water partition coefficient (Wildman–Crippen LogP) is 3.69. The second-order valence-corrected chi connectivity index (χ2v) is 7.48. The third-order valence-corrected chi connectivity index (χ3v) is 5.79. The van der Waals surface area contributed by atoms with Gasteiger partial charge in [0, 0.05) is 20.2 Å². The van der Waals surface area contributed by atoms with Gasteiger partial charge in [-0.15, -0.1) is 11.3 Å². The van der Waals surface area contributed by atoms with Crippen molar-refractivity contribution in [3.63, 3.8) is 0 Å². The lowest BCUT2D eigenvalue weighted by atomic mass is 10.2. The van der Waals surface area contributed by atoms with Gasteiger partial charge in [-0.2, -0.15) is 0 Å². The molecular weight excluding hydrogens is 346 g/mol. The van der Waals surface area contributed by atoms with Crippen LogP contribution in [0.1, 0.15) is 9.67 Å². The van der Waals surface area contributed by atoms with Crippen molar-refractivity contribution in [2.45, 2.75) is 0 Å². The average Bonchev–Trinajstić information content (AvgIpc) is 3.14. The number of carbonyl (C=O) groups excluding carboxylic acids is 1. The molecule has 6 nitrogen and oxygen atoms in total. The molecule has 0 aliphatic heterocycles. The molecule has 2 heterocycles. The number of rotatable bonds is 5. The Morgan fingerprint density at radius 1 is 1.17 bits per heavy atom. The fraction of sp³-hybridized carbons (Fsp3) is 0.250. The van der Waals surface area contributed by atoms with Gasteiger partial charge in [-0.1, -0.05) is 11.3 Å². The Morgan fingerprint density at radius 2 is 1.96 bits per heavy atom. The summed E-state index contributed by atoms with van der Waals surface area (Å²) in [6, 6.07) is 7.08. The van der Waals surface area contributed by atoms with E-state index in [4.69, 9.17) is 9.47 Å². The van der Waals surface area contributed by atoms with Gasteiger partial charge in [-0.25, -0.2) is 4.98 Å². The fourth-order valence-electron chi connectivity index (χ4n) is 2.11. The summed E-state index contributed by atoms with van der Waals surface area (Å²) in [5, 5.41) is 3.81. The highest BCUT2D eigenvalue weighted by Crippen LogP contribution is 2.35. The van der Waals surface area contributed by atoms with Crippen molar-refractivity contribution >= 4 is 48.9 Å². The molecule has 0 aliphatic rings. The number of nitrogens with zero attached hydrogens (tertiary/aromatic N) is 2. The molecule has 1 amide bonds. The molecule has 0 saturated heterocycles. The van der Waals surface area contributed by atoms with E-state index in [-0.39, 0.29) is 5.91 Å². The molecule has 8 heteroatoms. The first kappa shape index (κ1) is 16.5. The van der Waals surface area contributed by atoms with Crippen LogP contribution in [-0.2, 0) is 0 Å². The molecule has 126 valence electrons. The zero-order chi connectivity index (χ0) is 17.3. The maximum Gasteiger partial charge on any atom is 0.265 e. The monoisotopic (exact) mass is 363 g/mol. The number of carbonyl (C=O) groups is 1. The topological polar surface area (TPSA) is 63.7 Å². The zero-order valence-electron chi connectivity index (χ0n) is 13.7. The second-order valence-electron chi connectivity index (χ2n) is 5.19. The molecule has 3 rings (SSSR count). The van der Waals surface area contributed by atoms with Gasteiger partial charge in [0.2, 0.25) is 0 Å². The van der Waals surface area contributed by atoms with Gasteiger partial charge in [-0.3, -0.25) is 4.79 Å². The van der Waals surface area contributed by atoms with Crippen molar-refractivity contribution < 1.29 is 14.3 Å². The number of benzene rings is 1. The van der Waals surface area contributed by atoms with Crippen LogP contribution in [0.4, 0.5) is 10.8 Å². The summed E-state index contributed by atoms with van der Waals surface area (Å²) in [7, 11) is 7.04. The molecule has 0 radical (unpaired) electrons. The van der Waals surface area contributed by atoms with Crippen molar-refractivity contribution in [3.8, 4) is 11.5 Å². The van der Waals surface area contributed by atoms with E-state index in [2.05, 4.69) is 10.3 Å². The fourth-order valence-corrected chi connectivity index (χ4v) is 4.20. The second kappa shape index (κ2) is 6.66. The SMILES string of the molecule is COc1ccc(NC(=O)c2cc3nc(N(C)C)sc3s2)c(OC)c1. The molecule has 0 spiro atoms. The van der Waals surface area contributed by atoms with Crippen LogP contribution in [0.5, 0.6) is 11.5 Å². The highest BCUT2D eigenvalue weighted by molar-refractivity contribution is 7.40. The Bertz CT molecular complexity index is 854. The number of nitrogens with one attached hydrogen (secondary N) is 1. The van der Waals surface area contributed by atoms with Crippen LogP contribution in [0, 0.1) is 0 Å². The summed E-state index contributed by atoms with van der Waals surface area (Å²) in [5.41, 5.74) is 1.45. The van der Waals surface area contributed by atoms with E-state index in [1.54, 1.807) is 43.8 Å². The van der Waals surface area contributed by atoms with E-state index in [0.717, 1.165) is 14.7 Å². The van der Waals surface area contributed by atoms with E-state index in [0.29, 0.717) is 22.1 Å². The molecule has 0 atom stereocenters. The summed E-state index contributed by atoms with van der Waals surface area (Å²) in [5.74, 6) is 1.04. The molecule has 0 aliphatic carbocycles. The van der Waals surface area contributed by atoms with E-state index >= 15 is 0 Å². The predicted molar refractivity (Wildman–Crippen MR) is 99.3 cm³/mol. The van der Waals surface area contributed by atoms with Crippen LogP contribution in [0.15, 0.2) is 24.3 Å². The van der Waals surface area contributed by atoms with E-state index in [1.165, 1.54) is 11.3 Å². The molecule has 0 unspecified atom stereocenters. The number of anilines is 2. The van der Waals surface area contributed by atoms with Crippen molar-refractivity contribution in [1.82, 2.24) is 4.98 Å². The molecule has 0 bridgehead atoms. The van der Waals surface area contributed by atoms with Gasteiger partial charge in [0.05, 0.1) is 30.3 Å². The number of thiazole rings is 1. The first-order valence-corrected chi connectivity index (χ1v) is 8.76. The largest absolute Gasteiger partial charge is 0.497 e. The first-order valence-electron chi connectivity index (χ1n) is 7.13. The van der Waals surface area contributed by atoms with Crippen LogP contribution < -0.4 is 19.7 Å². The third kappa shape index (κ3) is 3.15.